The number of hydrogen-bond donors (Lipinski definition) is 1. The van der Waals surface area contributed by atoms with E-state index >= 15 is 0 Å². The molecule has 2 aromatic heterocycles. The molecule has 0 aliphatic carbocycles. The first-order valence-corrected chi connectivity index (χ1v) is 6.36. The van der Waals surface area contributed by atoms with Gasteiger partial charge in [-0.05, 0) is 18.9 Å². The van der Waals surface area contributed by atoms with Crippen molar-refractivity contribution in [2.24, 2.45) is 0 Å². The van der Waals surface area contributed by atoms with E-state index in [0.29, 0.717) is 5.88 Å². The summed E-state index contributed by atoms with van der Waals surface area (Å²) in [5.41, 5.74) is 2.44. The largest absolute Gasteiger partial charge is 0.307 e. The number of hydrogen-bond acceptors (Lipinski definition) is 2. The lowest BCUT2D eigenvalue weighted by Crippen LogP contribution is -2.09. The van der Waals surface area contributed by atoms with E-state index in [1.54, 1.807) is 6.07 Å². The van der Waals surface area contributed by atoms with Gasteiger partial charge < -0.3 is 4.98 Å². The van der Waals surface area contributed by atoms with E-state index in [1.165, 1.54) is 0 Å². The summed E-state index contributed by atoms with van der Waals surface area (Å²) >= 11 is 5.87. The molecule has 0 radical (unpaired) electrons. The van der Waals surface area contributed by atoms with E-state index in [2.05, 4.69) is 17.0 Å². The van der Waals surface area contributed by atoms with E-state index in [9.17, 15) is 4.79 Å². The number of unbranched alkanes of at least 4 members (excludes halogenated alkanes) is 1. The Morgan fingerprint density at radius 1 is 1.53 bits per heavy atom. The molecule has 17 heavy (non-hydrogen) atoms. The molecule has 2 heterocycles. The van der Waals surface area contributed by atoms with Gasteiger partial charge in [-0.2, -0.15) is 5.10 Å². The summed E-state index contributed by atoms with van der Waals surface area (Å²) in [4.78, 5) is 14.4. The van der Waals surface area contributed by atoms with Gasteiger partial charge in [-0.3, -0.25) is 4.79 Å². The summed E-state index contributed by atoms with van der Waals surface area (Å²) in [6.45, 7) is 4.90. The van der Waals surface area contributed by atoms with Crippen LogP contribution in [0.3, 0.4) is 0 Å². The van der Waals surface area contributed by atoms with Crippen molar-refractivity contribution in [1.29, 1.82) is 0 Å². The summed E-state index contributed by atoms with van der Waals surface area (Å²) < 4.78 is 1.87. The second-order valence-corrected chi connectivity index (χ2v) is 4.45. The van der Waals surface area contributed by atoms with Gasteiger partial charge in [-0.1, -0.05) is 13.3 Å². The number of nitrogens with zero attached hydrogens (tertiary/aromatic N) is 2. The van der Waals surface area contributed by atoms with Crippen molar-refractivity contribution in [3.8, 4) is 0 Å². The highest BCUT2D eigenvalue weighted by atomic mass is 35.5. The molecule has 2 aromatic rings. The third-order valence-electron chi connectivity index (χ3n) is 2.86. The Morgan fingerprint density at radius 2 is 2.29 bits per heavy atom. The van der Waals surface area contributed by atoms with Crippen molar-refractivity contribution >= 4 is 22.6 Å². The van der Waals surface area contributed by atoms with Crippen LogP contribution < -0.4 is 5.56 Å². The molecule has 2 rings (SSSR count). The molecule has 0 fully saturated rings. The Hall–Kier alpha value is -1.29. The summed E-state index contributed by atoms with van der Waals surface area (Å²) in [6, 6.07) is 1.55. The first-order chi connectivity index (χ1) is 8.17. The minimum Gasteiger partial charge on any atom is -0.307 e. The molecule has 0 amide bonds. The number of rotatable bonds is 4. The maximum Gasteiger partial charge on any atom is 0.249 e. The first-order valence-electron chi connectivity index (χ1n) is 5.82. The summed E-state index contributed by atoms with van der Waals surface area (Å²) in [6.07, 6.45) is 2.14. The van der Waals surface area contributed by atoms with Crippen LogP contribution >= 0.6 is 11.6 Å². The van der Waals surface area contributed by atoms with Crippen LogP contribution in [-0.4, -0.2) is 14.8 Å². The Balaban J connectivity index is 2.64. The molecule has 0 spiro atoms. The second kappa shape index (κ2) is 4.92. The molecule has 0 unspecified atom stereocenters. The maximum atomic E-state index is 11.5. The van der Waals surface area contributed by atoms with Gasteiger partial charge in [-0.15, -0.1) is 11.6 Å². The number of alkyl halides is 1. The van der Waals surface area contributed by atoms with Gasteiger partial charge in [0.05, 0.1) is 5.69 Å². The molecule has 4 nitrogen and oxygen atoms in total. The fourth-order valence-electron chi connectivity index (χ4n) is 2.05. The lowest BCUT2D eigenvalue weighted by Gasteiger charge is -2.02. The number of halogens is 1. The van der Waals surface area contributed by atoms with Crippen LogP contribution in [0.2, 0.25) is 0 Å². The van der Waals surface area contributed by atoms with Gasteiger partial charge in [0.2, 0.25) is 5.56 Å². The monoisotopic (exact) mass is 253 g/mol. The van der Waals surface area contributed by atoms with Gasteiger partial charge in [0.1, 0.15) is 5.65 Å². The van der Waals surface area contributed by atoms with Crippen molar-refractivity contribution in [1.82, 2.24) is 14.8 Å². The predicted molar refractivity (Wildman–Crippen MR) is 69.6 cm³/mol. The number of nitrogens with one attached hydrogen (secondary N) is 1. The van der Waals surface area contributed by atoms with Gasteiger partial charge in [0, 0.05) is 23.9 Å². The van der Waals surface area contributed by atoms with E-state index < -0.39 is 0 Å². The first kappa shape index (κ1) is 12.2. The molecule has 0 aliphatic heterocycles. The second-order valence-electron chi connectivity index (χ2n) is 4.18. The number of fused-ring (bicyclic) bond motifs is 1. The van der Waals surface area contributed by atoms with Gasteiger partial charge in [0.15, 0.2) is 0 Å². The zero-order valence-corrected chi connectivity index (χ0v) is 10.8. The molecule has 0 bridgehead atoms. The Bertz CT molecular complexity index is 585. The van der Waals surface area contributed by atoms with Crippen molar-refractivity contribution in [3.63, 3.8) is 0 Å². The van der Waals surface area contributed by atoms with Crippen LogP contribution in [0.5, 0.6) is 0 Å². The van der Waals surface area contributed by atoms with Crippen LogP contribution in [0, 0.1) is 6.92 Å². The average Bonchev–Trinajstić information content (AvgIpc) is 2.62. The van der Waals surface area contributed by atoms with Gasteiger partial charge in [-0.25, -0.2) is 4.68 Å². The van der Waals surface area contributed by atoms with Crippen LogP contribution in [0.15, 0.2) is 10.9 Å². The van der Waals surface area contributed by atoms with Crippen LogP contribution in [-0.2, 0) is 12.4 Å². The summed E-state index contributed by atoms with van der Waals surface area (Å²) in [5.74, 6) is 0.334. The van der Waals surface area contributed by atoms with Crippen LogP contribution in [0.4, 0.5) is 0 Å². The average molecular weight is 254 g/mol. The fourth-order valence-corrected chi connectivity index (χ4v) is 2.26. The summed E-state index contributed by atoms with van der Waals surface area (Å²) in [5, 5.41) is 5.45. The SMILES string of the molecule is CCCCn1nc(C)c2c(CCl)cc(=O)[nH]c21. The zero-order valence-electron chi connectivity index (χ0n) is 10.1. The molecule has 0 aliphatic rings. The molecular formula is C12H16ClN3O. The van der Waals surface area contributed by atoms with Crippen molar-refractivity contribution < 1.29 is 0 Å². The minimum atomic E-state index is -0.120. The van der Waals surface area contributed by atoms with E-state index in [4.69, 9.17) is 11.6 Å². The van der Waals surface area contributed by atoms with Gasteiger partial charge in [0.25, 0.3) is 0 Å². The molecule has 0 saturated carbocycles. The van der Waals surface area contributed by atoms with E-state index in [1.807, 2.05) is 11.6 Å². The molecule has 92 valence electrons. The fraction of sp³-hybridized carbons (Fsp3) is 0.500. The number of aryl methyl sites for hydroxylation is 2. The highest BCUT2D eigenvalue weighted by Crippen LogP contribution is 2.20. The zero-order chi connectivity index (χ0) is 12.4. The van der Waals surface area contributed by atoms with Crippen molar-refractivity contribution in [3.05, 3.63) is 27.7 Å². The number of aromatic nitrogens is 3. The predicted octanol–water partition coefficient (Wildman–Crippen LogP) is 2.57. The minimum absolute atomic E-state index is 0.120. The van der Waals surface area contributed by atoms with Gasteiger partial charge >= 0.3 is 0 Å². The number of pyridine rings is 1. The summed E-state index contributed by atoms with van der Waals surface area (Å²) in [7, 11) is 0. The standard InChI is InChI=1S/C12H16ClN3O/c1-3-4-5-16-12-11(8(2)15-16)9(7-13)6-10(17)14-12/h6H,3-5,7H2,1-2H3,(H,14,17). The topological polar surface area (TPSA) is 50.7 Å². The molecular weight excluding hydrogens is 238 g/mol. The number of aromatic amines is 1. The lowest BCUT2D eigenvalue weighted by atomic mass is 10.2. The van der Waals surface area contributed by atoms with Crippen molar-refractivity contribution in [2.75, 3.05) is 0 Å². The molecule has 5 heteroatoms. The Kier molecular flexibility index (Phi) is 3.52. The highest BCUT2D eigenvalue weighted by molar-refractivity contribution is 6.18. The highest BCUT2D eigenvalue weighted by Gasteiger charge is 2.12. The smallest absolute Gasteiger partial charge is 0.249 e. The molecule has 0 aromatic carbocycles. The van der Waals surface area contributed by atoms with Crippen LogP contribution in [0.25, 0.3) is 11.0 Å². The van der Waals surface area contributed by atoms with Crippen LogP contribution in [0.1, 0.15) is 31.0 Å². The normalized spacial score (nSPS) is 11.2. The molecule has 1 N–H and O–H groups in total. The lowest BCUT2D eigenvalue weighted by molar-refractivity contribution is 0.580. The molecule has 0 atom stereocenters. The number of H-pyrrole nitrogens is 1. The van der Waals surface area contributed by atoms with E-state index in [0.717, 1.165) is 41.7 Å². The quantitative estimate of drug-likeness (QED) is 0.852. The van der Waals surface area contributed by atoms with E-state index in [-0.39, 0.29) is 5.56 Å². The third-order valence-corrected chi connectivity index (χ3v) is 3.15. The molecule has 0 saturated heterocycles. The van der Waals surface area contributed by atoms with Crippen molar-refractivity contribution in [2.45, 2.75) is 39.1 Å². The Morgan fingerprint density at radius 3 is 2.94 bits per heavy atom. The maximum absolute atomic E-state index is 11.5. The Labute approximate surface area is 105 Å². The third kappa shape index (κ3) is 2.22.